The van der Waals surface area contributed by atoms with Crippen LogP contribution in [0.4, 0.5) is 10.6 Å². The van der Waals surface area contributed by atoms with Crippen molar-refractivity contribution in [2.45, 2.75) is 27.2 Å². The summed E-state index contributed by atoms with van der Waals surface area (Å²) in [6, 6.07) is 11.3. The van der Waals surface area contributed by atoms with Crippen LogP contribution in [0.2, 0.25) is 0 Å². The van der Waals surface area contributed by atoms with Crippen molar-refractivity contribution in [3.8, 4) is 0 Å². The van der Waals surface area contributed by atoms with E-state index >= 15 is 0 Å². The van der Waals surface area contributed by atoms with Crippen LogP contribution in [-0.4, -0.2) is 18.2 Å². The molecule has 20 heavy (non-hydrogen) atoms. The molecule has 2 aromatic rings. The standard InChI is InChI=1S/C11H10N2O2.C5H12/c1-15-11(14)13-10-7-6-8-4-2-3-5-9(8)12-10;1-4-5(2)3/h2-7H,1H3,(H,12,13,14);5H,4H2,1-3H3. The molecule has 1 aromatic carbocycles. The Hall–Kier alpha value is -2.10. The highest BCUT2D eigenvalue weighted by atomic mass is 16.5. The molecule has 1 aromatic heterocycles. The van der Waals surface area contributed by atoms with E-state index in [2.05, 4.69) is 35.8 Å². The molecule has 0 spiro atoms. The number of methoxy groups -OCH3 is 1. The molecule has 0 unspecified atom stereocenters. The molecule has 0 aliphatic heterocycles. The molecule has 0 radical (unpaired) electrons. The quantitative estimate of drug-likeness (QED) is 0.879. The zero-order valence-corrected chi connectivity index (χ0v) is 12.5. The lowest BCUT2D eigenvalue weighted by Gasteiger charge is -2.03. The Balaban J connectivity index is 0.000000347. The second-order valence-corrected chi connectivity index (χ2v) is 4.81. The minimum absolute atomic E-state index is 0.487. The second kappa shape index (κ2) is 8.15. The van der Waals surface area contributed by atoms with Gasteiger partial charge in [-0.1, -0.05) is 45.4 Å². The van der Waals surface area contributed by atoms with Gasteiger partial charge in [-0.05, 0) is 24.1 Å². The van der Waals surface area contributed by atoms with Gasteiger partial charge in [0.2, 0.25) is 0 Å². The number of nitrogens with one attached hydrogen (secondary N) is 1. The molecule has 1 amide bonds. The van der Waals surface area contributed by atoms with Crippen molar-refractivity contribution in [1.82, 2.24) is 4.98 Å². The van der Waals surface area contributed by atoms with E-state index in [1.54, 1.807) is 6.07 Å². The molecule has 1 N–H and O–H groups in total. The number of hydrogen-bond donors (Lipinski definition) is 1. The molecular formula is C16H22N2O2. The fourth-order valence-electron chi connectivity index (χ4n) is 1.29. The van der Waals surface area contributed by atoms with Crippen LogP contribution in [-0.2, 0) is 4.74 Å². The van der Waals surface area contributed by atoms with Crippen LogP contribution < -0.4 is 5.32 Å². The fourth-order valence-corrected chi connectivity index (χ4v) is 1.29. The van der Waals surface area contributed by atoms with E-state index in [1.807, 2.05) is 30.3 Å². The molecule has 1 heterocycles. The van der Waals surface area contributed by atoms with Gasteiger partial charge < -0.3 is 4.74 Å². The third-order valence-electron chi connectivity index (χ3n) is 2.83. The maximum Gasteiger partial charge on any atom is 0.412 e. The minimum Gasteiger partial charge on any atom is -0.453 e. The van der Waals surface area contributed by atoms with Crippen LogP contribution in [0.3, 0.4) is 0 Å². The third kappa shape index (κ3) is 5.26. The molecule has 0 saturated carbocycles. The number of nitrogens with zero attached hydrogens (tertiary/aromatic N) is 1. The van der Waals surface area contributed by atoms with Gasteiger partial charge in [0.05, 0.1) is 12.6 Å². The van der Waals surface area contributed by atoms with E-state index in [1.165, 1.54) is 13.5 Å². The number of carbonyl (C=O) groups excluding carboxylic acids is 1. The topological polar surface area (TPSA) is 51.2 Å². The zero-order valence-electron chi connectivity index (χ0n) is 12.5. The van der Waals surface area contributed by atoms with Crippen molar-refractivity contribution >= 4 is 22.8 Å². The summed E-state index contributed by atoms with van der Waals surface area (Å²) in [4.78, 5) is 15.2. The highest BCUT2D eigenvalue weighted by Gasteiger charge is 2.02. The monoisotopic (exact) mass is 274 g/mol. The average Bonchev–Trinajstić information content (AvgIpc) is 2.47. The Morgan fingerprint density at radius 3 is 2.50 bits per heavy atom. The van der Waals surface area contributed by atoms with Gasteiger partial charge in [0.15, 0.2) is 0 Å². The van der Waals surface area contributed by atoms with Crippen LogP contribution in [0.15, 0.2) is 36.4 Å². The fraction of sp³-hybridized carbons (Fsp3) is 0.375. The molecule has 2 rings (SSSR count). The first-order chi connectivity index (χ1) is 9.56. The van der Waals surface area contributed by atoms with Crippen molar-refractivity contribution in [1.29, 1.82) is 0 Å². The number of fused-ring (bicyclic) bond motifs is 1. The molecular weight excluding hydrogens is 252 g/mol. The Kier molecular flexibility index (Phi) is 6.50. The Bertz CT molecular complexity index is 553. The number of aromatic nitrogens is 1. The largest absolute Gasteiger partial charge is 0.453 e. The number of hydrogen-bond acceptors (Lipinski definition) is 3. The number of rotatable bonds is 2. The summed E-state index contributed by atoms with van der Waals surface area (Å²) in [6.45, 7) is 6.64. The van der Waals surface area contributed by atoms with Crippen LogP contribution in [0.25, 0.3) is 10.9 Å². The summed E-state index contributed by atoms with van der Waals surface area (Å²) < 4.78 is 4.48. The van der Waals surface area contributed by atoms with E-state index in [9.17, 15) is 4.79 Å². The van der Waals surface area contributed by atoms with Crippen molar-refractivity contribution in [2.75, 3.05) is 12.4 Å². The van der Waals surface area contributed by atoms with Crippen molar-refractivity contribution in [3.05, 3.63) is 36.4 Å². The number of ether oxygens (including phenoxy) is 1. The van der Waals surface area contributed by atoms with Gasteiger partial charge in [-0.3, -0.25) is 5.32 Å². The molecule has 0 fully saturated rings. The van der Waals surface area contributed by atoms with Gasteiger partial charge in [0.25, 0.3) is 0 Å². The Labute approximate surface area is 120 Å². The molecule has 0 aliphatic rings. The molecule has 0 bridgehead atoms. The van der Waals surface area contributed by atoms with Gasteiger partial charge >= 0.3 is 6.09 Å². The smallest absolute Gasteiger partial charge is 0.412 e. The van der Waals surface area contributed by atoms with Crippen LogP contribution in [0.5, 0.6) is 0 Å². The van der Waals surface area contributed by atoms with E-state index < -0.39 is 6.09 Å². The van der Waals surface area contributed by atoms with E-state index in [0.717, 1.165) is 16.8 Å². The summed E-state index contributed by atoms with van der Waals surface area (Å²) in [5, 5.41) is 3.55. The van der Waals surface area contributed by atoms with Crippen LogP contribution >= 0.6 is 0 Å². The van der Waals surface area contributed by atoms with E-state index in [4.69, 9.17) is 0 Å². The van der Waals surface area contributed by atoms with Crippen molar-refractivity contribution in [2.24, 2.45) is 5.92 Å². The van der Waals surface area contributed by atoms with E-state index in [0.29, 0.717) is 5.82 Å². The highest BCUT2D eigenvalue weighted by molar-refractivity contribution is 5.86. The van der Waals surface area contributed by atoms with Crippen molar-refractivity contribution < 1.29 is 9.53 Å². The first-order valence-corrected chi connectivity index (χ1v) is 6.77. The average molecular weight is 274 g/mol. The zero-order chi connectivity index (χ0) is 15.0. The van der Waals surface area contributed by atoms with Gasteiger partial charge in [-0.25, -0.2) is 9.78 Å². The predicted octanol–water partition coefficient (Wildman–Crippen LogP) is 4.47. The van der Waals surface area contributed by atoms with E-state index in [-0.39, 0.29) is 0 Å². The minimum atomic E-state index is -0.516. The second-order valence-electron chi connectivity index (χ2n) is 4.81. The summed E-state index contributed by atoms with van der Waals surface area (Å²) in [5.74, 6) is 1.37. The Morgan fingerprint density at radius 1 is 1.25 bits per heavy atom. The normalized spacial score (nSPS) is 9.85. The lowest BCUT2D eigenvalue weighted by Crippen LogP contribution is -2.11. The summed E-state index contributed by atoms with van der Waals surface area (Å²) in [5.41, 5.74) is 0.839. The van der Waals surface area contributed by atoms with Gasteiger partial charge in [-0.15, -0.1) is 0 Å². The number of pyridine rings is 1. The number of para-hydroxylation sites is 1. The molecule has 4 heteroatoms. The summed E-state index contributed by atoms with van der Waals surface area (Å²) in [7, 11) is 1.32. The van der Waals surface area contributed by atoms with Gasteiger partial charge in [-0.2, -0.15) is 0 Å². The first kappa shape index (κ1) is 16.0. The lowest BCUT2D eigenvalue weighted by molar-refractivity contribution is 0.187. The number of anilines is 1. The van der Waals surface area contributed by atoms with Crippen LogP contribution in [0, 0.1) is 5.92 Å². The molecule has 4 nitrogen and oxygen atoms in total. The maximum absolute atomic E-state index is 10.9. The first-order valence-electron chi connectivity index (χ1n) is 6.77. The Morgan fingerprint density at radius 2 is 1.90 bits per heavy atom. The maximum atomic E-state index is 10.9. The molecule has 0 aliphatic carbocycles. The summed E-state index contributed by atoms with van der Waals surface area (Å²) >= 11 is 0. The lowest BCUT2D eigenvalue weighted by atomic mass is 10.2. The van der Waals surface area contributed by atoms with Crippen molar-refractivity contribution in [3.63, 3.8) is 0 Å². The van der Waals surface area contributed by atoms with Gasteiger partial charge in [0.1, 0.15) is 5.82 Å². The number of benzene rings is 1. The molecule has 0 atom stereocenters. The SMILES string of the molecule is CCC(C)C.COC(=O)Nc1ccc2ccccc2n1. The number of amides is 1. The summed E-state index contributed by atoms with van der Waals surface area (Å²) in [6.07, 6.45) is 0.790. The third-order valence-corrected chi connectivity index (χ3v) is 2.83. The highest BCUT2D eigenvalue weighted by Crippen LogP contribution is 2.14. The van der Waals surface area contributed by atoms with Crippen LogP contribution in [0.1, 0.15) is 27.2 Å². The number of carbonyl (C=O) groups is 1. The van der Waals surface area contributed by atoms with Gasteiger partial charge in [0, 0.05) is 5.39 Å². The predicted molar refractivity (Wildman–Crippen MR) is 82.9 cm³/mol. The molecule has 0 saturated heterocycles. The molecule has 108 valence electrons.